The second kappa shape index (κ2) is 7.41. The average Bonchev–Trinajstić information content (AvgIpc) is 2.49. The molecule has 7 nitrogen and oxygen atoms in total. The molecule has 2 amide bonds. The van der Waals surface area contributed by atoms with Crippen molar-refractivity contribution >= 4 is 11.7 Å². The lowest BCUT2D eigenvalue weighted by molar-refractivity contribution is -0.385. The highest BCUT2D eigenvalue weighted by molar-refractivity contribution is 5.74. The molecule has 1 aromatic rings. The Balaban J connectivity index is 1.98. The van der Waals surface area contributed by atoms with Gasteiger partial charge < -0.3 is 15.7 Å². The number of nitrogens with zero attached hydrogens (tertiary/aromatic N) is 1. The third-order valence-electron chi connectivity index (χ3n) is 4.32. The minimum Gasteiger partial charge on any atom is -0.391 e. The molecule has 1 fully saturated rings. The number of amides is 2. The summed E-state index contributed by atoms with van der Waals surface area (Å²) >= 11 is 0. The molecule has 1 aliphatic carbocycles. The number of carbonyl (C=O) groups is 1. The molecule has 3 unspecified atom stereocenters. The second-order valence-electron chi connectivity index (χ2n) is 6.10. The van der Waals surface area contributed by atoms with E-state index in [1.165, 1.54) is 6.07 Å². The molecule has 3 atom stereocenters. The maximum absolute atomic E-state index is 12.1. The molecule has 0 heterocycles. The molecule has 2 rings (SSSR count). The normalized spacial score (nSPS) is 22.2. The largest absolute Gasteiger partial charge is 0.391 e. The van der Waals surface area contributed by atoms with E-state index < -0.39 is 11.0 Å². The topological polar surface area (TPSA) is 104 Å². The van der Waals surface area contributed by atoms with Crippen LogP contribution in [0.2, 0.25) is 0 Å². The Kier molecular flexibility index (Phi) is 5.54. The summed E-state index contributed by atoms with van der Waals surface area (Å²) in [5.74, 6) is 0. The number of carbonyl (C=O) groups excluding carboxylic acids is 1. The number of nitro groups is 1. The third-order valence-corrected chi connectivity index (χ3v) is 4.32. The standard InChI is InChI=1S/C16H23N3O4/c1-10-7-8-12(9-14(10)19(22)23)11(2)17-16(21)18-13-5-3-4-6-15(13)20/h7-9,11,13,15,20H,3-6H2,1-2H3,(H2,17,18,21). The molecule has 0 spiro atoms. The summed E-state index contributed by atoms with van der Waals surface area (Å²) in [5.41, 5.74) is 1.29. The van der Waals surface area contributed by atoms with Crippen molar-refractivity contribution in [2.75, 3.05) is 0 Å². The molecule has 126 valence electrons. The lowest BCUT2D eigenvalue weighted by Crippen LogP contribution is -2.49. The highest BCUT2D eigenvalue weighted by Gasteiger charge is 2.25. The number of rotatable bonds is 4. The summed E-state index contributed by atoms with van der Waals surface area (Å²) < 4.78 is 0. The Labute approximate surface area is 135 Å². The smallest absolute Gasteiger partial charge is 0.315 e. The minimum absolute atomic E-state index is 0.0410. The number of aliphatic hydroxyl groups excluding tert-OH is 1. The predicted molar refractivity (Wildman–Crippen MR) is 86.2 cm³/mol. The highest BCUT2D eigenvalue weighted by atomic mass is 16.6. The van der Waals surface area contributed by atoms with Crippen molar-refractivity contribution in [3.8, 4) is 0 Å². The van der Waals surface area contributed by atoms with Gasteiger partial charge in [0.1, 0.15) is 0 Å². The second-order valence-corrected chi connectivity index (χ2v) is 6.10. The first-order chi connectivity index (χ1) is 10.9. The molecule has 7 heteroatoms. The maximum atomic E-state index is 12.1. The van der Waals surface area contributed by atoms with Crippen LogP contribution in [0.3, 0.4) is 0 Å². The highest BCUT2D eigenvalue weighted by Crippen LogP contribution is 2.23. The van der Waals surface area contributed by atoms with Crippen molar-refractivity contribution in [1.82, 2.24) is 10.6 Å². The van der Waals surface area contributed by atoms with E-state index in [0.29, 0.717) is 17.5 Å². The Bertz CT molecular complexity index is 591. The first-order valence-corrected chi connectivity index (χ1v) is 7.88. The van der Waals surface area contributed by atoms with Crippen LogP contribution in [0.15, 0.2) is 18.2 Å². The van der Waals surface area contributed by atoms with Crippen molar-refractivity contribution in [2.24, 2.45) is 0 Å². The summed E-state index contributed by atoms with van der Waals surface area (Å²) in [5, 5.41) is 26.4. The molecule has 1 aromatic carbocycles. The van der Waals surface area contributed by atoms with Gasteiger partial charge >= 0.3 is 6.03 Å². The van der Waals surface area contributed by atoms with Gasteiger partial charge in [-0.3, -0.25) is 10.1 Å². The quantitative estimate of drug-likeness (QED) is 0.585. The number of nitro benzene ring substituents is 1. The fraction of sp³-hybridized carbons (Fsp3) is 0.562. The van der Waals surface area contributed by atoms with Crippen LogP contribution < -0.4 is 10.6 Å². The minimum atomic E-state index is -0.509. The first-order valence-electron chi connectivity index (χ1n) is 7.88. The number of aryl methyl sites for hydroxylation is 1. The predicted octanol–water partition coefficient (Wildman–Crippen LogP) is 2.57. The molecule has 0 bridgehead atoms. The van der Waals surface area contributed by atoms with Gasteiger partial charge in [0.05, 0.1) is 23.1 Å². The Morgan fingerprint density at radius 3 is 2.74 bits per heavy atom. The van der Waals surface area contributed by atoms with Gasteiger partial charge in [0, 0.05) is 11.6 Å². The van der Waals surface area contributed by atoms with Gasteiger partial charge in [0.15, 0.2) is 0 Å². The molecule has 23 heavy (non-hydrogen) atoms. The van der Waals surface area contributed by atoms with Crippen LogP contribution in [-0.4, -0.2) is 28.2 Å². The average molecular weight is 321 g/mol. The third kappa shape index (κ3) is 4.41. The fourth-order valence-electron chi connectivity index (χ4n) is 2.86. The zero-order valence-corrected chi connectivity index (χ0v) is 13.4. The summed E-state index contributed by atoms with van der Waals surface area (Å²) in [6, 6.07) is 3.96. The number of hydrogen-bond acceptors (Lipinski definition) is 4. The summed E-state index contributed by atoms with van der Waals surface area (Å²) in [6.45, 7) is 3.45. The van der Waals surface area contributed by atoms with E-state index in [1.54, 1.807) is 26.0 Å². The summed E-state index contributed by atoms with van der Waals surface area (Å²) in [4.78, 5) is 22.6. The van der Waals surface area contributed by atoms with Crippen LogP contribution in [0.5, 0.6) is 0 Å². The Hall–Kier alpha value is -2.15. The maximum Gasteiger partial charge on any atom is 0.315 e. The van der Waals surface area contributed by atoms with Gasteiger partial charge in [-0.2, -0.15) is 0 Å². The van der Waals surface area contributed by atoms with Crippen LogP contribution in [0.25, 0.3) is 0 Å². The number of nitrogens with one attached hydrogen (secondary N) is 2. The van der Waals surface area contributed by atoms with Crippen LogP contribution in [0, 0.1) is 17.0 Å². The van der Waals surface area contributed by atoms with Crippen LogP contribution in [0.1, 0.15) is 49.8 Å². The van der Waals surface area contributed by atoms with Crippen molar-refractivity contribution in [2.45, 2.75) is 57.7 Å². The van der Waals surface area contributed by atoms with E-state index in [4.69, 9.17) is 0 Å². The van der Waals surface area contributed by atoms with Crippen molar-refractivity contribution in [3.05, 3.63) is 39.4 Å². The van der Waals surface area contributed by atoms with Gasteiger partial charge in [0.2, 0.25) is 0 Å². The summed E-state index contributed by atoms with van der Waals surface area (Å²) in [6.07, 6.45) is 2.92. The van der Waals surface area contributed by atoms with Crippen LogP contribution in [0.4, 0.5) is 10.5 Å². The van der Waals surface area contributed by atoms with Crippen molar-refractivity contribution in [3.63, 3.8) is 0 Å². The lowest BCUT2D eigenvalue weighted by Gasteiger charge is -2.29. The van der Waals surface area contributed by atoms with E-state index in [0.717, 1.165) is 19.3 Å². The van der Waals surface area contributed by atoms with E-state index in [1.807, 2.05) is 0 Å². The van der Waals surface area contributed by atoms with Gasteiger partial charge in [-0.25, -0.2) is 4.79 Å². The first kappa shape index (κ1) is 17.2. The number of hydrogen-bond donors (Lipinski definition) is 3. The molecule has 0 aliphatic heterocycles. The molecule has 1 saturated carbocycles. The molecule has 1 aliphatic rings. The number of aliphatic hydroxyl groups is 1. The number of benzene rings is 1. The van der Waals surface area contributed by atoms with Gasteiger partial charge in [0.25, 0.3) is 5.69 Å². The molecule has 0 aromatic heterocycles. The Morgan fingerprint density at radius 2 is 2.09 bits per heavy atom. The Morgan fingerprint density at radius 1 is 1.39 bits per heavy atom. The van der Waals surface area contributed by atoms with Crippen LogP contribution >= 0.6 is 0 Å². The van der Waals surface area contributed by atoms with E-state index in [2.05, 4.69) is 10.6 Å². The van der Waals surface area contributed by atoms with Crippen LogP contribution in [-0.2, 0) is 0 Å². The molecule has 0 radical (unpaired) electrons. The van der Waals surface area contributed by atoms with Crippen molar-refractivity contribution in [1.29, 1.82) is 0 Å². The van der Waals surface area contributed by atoms with Gasteiger partial charge in [-0.15, -0.1) is 0 Å². The number of urea groups is 1. The van der Waals surface area contributed by atoms with E-state index in [9.17, 15) is 20.0 Å². The molecule has 0 saturated heterocycles. The molecular formula is C16H23N3O4. The fourth-order valence-corrected chi connectivity index (χ4v) is 2.86. The van der Waals surface area contributed by atoms with E-state index in [-0.39, 0.29) is 23.8 Å². The summed E-state index contributed by atoms with van der Waals surface area (Å²) in [7, 11) is 0. The SMILES string of the molecule is Cc1ccc(C(C)NC(=O)NC2CCCCC2O)cc1[N+](=O)[O-]. The van der Waals surface area contributed by atoms with Gasteiger partial charge in [-0.05, 0) is 32.3 Å². The molecular weight excluding hydrogens is 298 g/mol. The monoisotopic (exact) mass is 321 g/mol. The van der Waals surface area contributed by atoms with Gasteiger partial charge in [-0.1, -0.05) is 25.0 Å². The zero-order chi connectivity index (χ0) is 17.0. The van der Waals surface area contributed by atoms with E-state index >= 15 is 0 Å². The lowest BCUT2D eigenvalue weighted by atomic mass is 9.93. The zero-order valence-electron chi connectivity index (χ0n) is 13.4. The molecule has 3 N–H and O–H groups in total. The van der Waals surface area contributed by atoms with Crippen molar-refractivity contribution < 1.29 is 14.8 Å².